The molecule has 0 radical (unpaired) electrons. The summed E-state index contributed by atoms with van der Waals surface area (Å²) in [7, 11) is 0. The van der Waals surface area contributed by atoms with Gasteiger partial charge in [-0.3, -0.25) is 14.7 Å². The van der Waals surface area contributed by atoms with Crippen molar-refractivity contribution in [3.05, 3.63) is 72.1 Å². The average Bonchev–Trinajstić information content (AvgIpc) is 3.10. The Morgan fingerprint density at radius 2 is 1.71 bits per heavy atom. The Labute approximate surface area is 167 Å². The largest absolute Gasteiger partial charge is 0.450 e. The van der Waals surface area contributed by atoms with Gasteiger partial charge in [-0.05, 0) is 24.6 Å². The van der Waals surface area contributed by atoms with Crippen LogP contribution >= 0.6 is 11.8 Å². The molecule has 0 aliphatic rings. The van der Waals surface area contributed by atoms with Gasteiger partial charge in [0.2, 0.25) is 5.91 Å². The van der Waals surface area contributed by atoms with Crippen LogP contribution < -0.4 is 5.32 Å². The van der Waals surface area contributed by atoms with E-state index in [9.17, 15) is 9.59 Å². The third kappa shape index (κ3) is 5.20. The molecule has 28 heavy (non-hydrogen) atoms. The van der Waals surface area contributed by atoms with Gasteiger partial charge in [0.05, 0.1) is 12.4 Å². The summed E-state index contributed by atoms with van der Waals surface area (Å²) in [5.41, 5.74) is 2.02. The third-order valence-electron chi connectivity index (χ3n) is 3.77. The fraction of sp³-hybridized carbons (Fsp3) is 0.200. The third-order valence-corrected chi connectivity index (χ3v) is 4.70. The fourth-order valence-electron chi connectivity index (χ4n) is 2.57. The maximum atomic E-state index is 12.0. The van der Waals surface area contributed by atoms with Crippen LogP contribution in [0.1, 0.15) is 18.3 Å². The molecule has 0 unspecified atom stereocenters. The van der Waals surface area contributed by atoms with E-state index >= 15 is 0 Å². The maximum absolute atomic E-state index is 12.0. The SMILES string of the molecule is CCOC(=O)NC(=O)CSc1nnc(Cc2ccccc2)n1-c1ccccc1. The predicted molar refractivity (Wildman–Crippen MR) is 106 cm³/mol. The first-order valence-corrected chi connectivity index (χ1v) is 9.79. The normalized spacial score (nSPS) is 10.5. The highest BCUT2D eigenvalue weighted by molar-refractivity contribution is 7.99. The number of hydrogen-bond acceptors (Lipinski definition) is 6. The van der Waals surface area contributed by atoms with Gasteiger partial charge in [0.25, 0.3) is 0 Å². The average molecular weight is 396 g/mol. The van der Waals surface area contributed by atoms with Crippen LogP contribution in [0.5, 0.6) is 0 Å². The summed E-state index contributed by atoms with van der Waals surface area (Å²) in [6, 6.07) is 19.7. The lowest BCUT2D eigenvalue weighted by Gasteiger charge is -2.10. The summed E-state index contributed by atoms with van der Waals surface area (Å²) in [5.74, 6) is 0.344. The molecule has 3 aromatic rings. The molecule has 0 bridgehead atoms. The quantitative estimate of drug-likeness (QED) is 0.617. The first-order valence-electron chi connectivity index (χ1n) is 8.80. The van der Waals surface area contributed by atoms with Crippen molar-refractivity contribution in [2.75, 3.05) is 12.4 Å². The second-order valence-corrected chi connectivity index (χ2v) is 6.73. The van der Waals surface area contributed by atoms with Crippen LogP contribution in [-0.2, 0) is 16.0 Å². The molecular formula is C20H20N4O3S. The Morgan fingerprint density at radius 1 is 1.04 bits per heavy atom. The van der Waals surface area contributed by atoms with E-state index < -0.39 is 12.0 Å². The highest BCUT2D eigenvalue weighted by Gasteiger charge is 2.17. The number of thioether (sulfide) groups is 1. The van der Waals surface area contributed by atoms with Crippen molar-refractivity contribution < 1.29 is 14.3 Å². The number of rotatable bonds is 7. The Bertz CT molecular complexity index is 929. The minimum atomic E-state index is -0.748. The molecule has 7 nitrogen and oxygen atoms in total. The Kier molecular flexibility index (Phi) is 6.80. The van der Waals surface area contributed by atoms with Gasteiger partial charge in [-0.25, -0.2) is 4.79 Å². The number of para-hydroxylation sites is 1. The van der Waals surface area contributed by atoms with Gasteiger partial charge in [0.1, 0.15) is 5.82 Å². The van der Waals surface area contributed by atoms with E-state index in [0.717, 1.165) is 17.1 Å². The second kappa shape index (κ2) is 9.70. The molecule has 0 aliphatic heterocycles. The summed E-state index contributed by atoms with van der Waals surface area (Å²) >= 11 is 1.21. The monoisotopic (exact) mass is 396 g/mol. The molecule has 0 aliphatic carbocycles. The number of hydrogen-bond donors (Lipinski definition) is 1. The molecule has 0 atom stereocenters. The van der Waals surface area contributed by atoms with E-state index in [1.807, 2.05) is 65.2 Å². The van der Waals surface area contributed by atoms with Gasteiger partial charge < -0.3 is 4.74 Å². The Hall–Kier alpha value is -3.13. The molecule has 1 N–H and O–H groups in total. The van der Waals surface area contributed by atoms with Gasteiger partial charge in [-0.1, -0.05) is 60.3 Å². The number of ether oxygens (including phenoxy) is 1. The molecule has 2 amide bonds. The highest BCUT2D eigenvalue weighted by atomic mass is 32.2. The van der Waals surface area contributed by atoms with Gasteiger partial charge in [0, 0.05) is 12.1 Å². The fourth-order valence-corrected chi connectivity index (χ4v) is 3.34. The molecule has 8 heteroatoms. The molecular weight excluding hydrogens is 376 g/mol. The lowest BCUT2D eigenvalue weighted by Crippen LogP contribution is -2.32. The number of nitrogens with zero attached hydrogens (tertiary/aromatic N) is 3. The molecule has 0 saturated heterocycles. The van der Waals surface area contributed by atoms with Crippen molar-refractivity contribution in [2.45, 2.75) is 18.5 Å². The maximum Gasteiger partial charge on any atom is 0.413 e. The van der Waals surface area contributed by atoms with E-state index in [2.05, 4.69) is 15.5 Å². The van der Waals surface area contributed by atoms with Gasteiger partial charge in [-0.2, -0.15) is 0 Å². The number of benzene rings is 2. The van der Waals surface area contributed by atoms with Crippen LogP contribution in [0.2, 0.25) is 0 Å². The van der Waals surface area contributed by atoms with E-state index in [1.54, 1.807) is 6.92 Å². The predicted octanol–water partition coefficient (Wildman–Crippen LogP) is 3.22. The lowest BCUT2D eigenvalue weighted by atomic mass is 10.1. The van der Waals surface area contributed by atoms with Crippen LogP contribution in [0.15, 0.2) is 65.8 Å². The molecule has 0 spiro atoms. The second-order valence-electron chi connectivity index (χ2n) is 5.79. The van der Waals surface area contributed by atoms with E-state index in [-0.39, 0.29) is 12.4 Å². The highest BCUT2D eigenvalue weighted by Crippen LogP contribution is 2.23. The van der Waals surface area contributed by atoms with Gasteiger partial charge in [-0.15, -0.1) is 10.2 Å². The van der Waals surface area contributed by atoms with E-state index in [1.165, 1.54) is 11.8 Å². The van der Waals surface area contributed by atoms with Crippen LogP contribution in [0.25, 0.3) is 5.69 Å². The summed E-state index contributed by atoms with van der Waals surface area (Å²) in [4.78, 5) is 23.3. The van der Waals surface area contributed by atoms with Crippen molar-refractivity contribution in [3.8, 4) is 5.69 Å². The minimum Gasteiger partial charge on any atom is -0.450 e. The van der Waals surface area contributed by atoms with Crippen LogP contribution in [0, 0.1) is 0 Å². The van der Waals surface area contributed by atoms with Crippen LogP contribution in [-0.4, -0.2) is 39.1 Å². The lowest BCUT2D eigenvalue weighted by molar-refractivity contribution is -0.117. The topological polar surface area (TPSA) is 86.1 Å². The van der Waals surface area contributed by atoms with Crippen LogP contribution in [0.4, 0.5) is 4.79 Å². The summed E-state index contributed by atoms with van der Waals surface area (Å²) < 4.78 is 6.64. The molecule has 1 heterocycles. The number of alkyl carbamates (subject to hydrolysis) is 1. The number of carbonyl (C=O) groups excluding carboxylic acids is 2. The van der Waals surface area contributed by atoms with Gasteiger partial charge >= 0.3 is 6.09 Å². The zero-order valence-electron chi connectivity index (χ0n) is 15.4. The Balaban J connectivity index is 1.79. The molecule has 3 rings (SSSR count). The van der Waals surface area contributed by atoms with Crippen molar-refractivity contribution in [2.24, 2.45) is 0 Å². The molecule has 1 aromatic heterocycles. The standard InChI is InChI=1S/C20H20N4O3S/c1-2-27-20(26)21-18(25)14-28-19-23-22-17(13-15-9-5-3-6-10-15)24(19)16-11-7-4-8-12-16/h3-12H,2,13-14H2,1H3,(H,21,25,26). The van der Waals surface area contributed by atoms with Crippen molar-refractivity contribution >= 4 is 23.8 Å². The molecule has 144 valence electrons. The number of aromatic nitrogens is 3. The summed E-state index contributed by atoms with van der Waals surface area (Å²) in [5, 5.41) is 11.3. The van der Waals surface area contributed by atoms with Crippen molar-refractivity contribution in [3.63, 3.8) is 0 Å². The van der Waals surface area contributed by atoms with Crippen molar-refractivity contribution in [1.29, 1.82) is 0 Å². The minimum absolute atomic E-state index is 0.0229. The number of imide groups is 1. The molecule has 0 saturated carbocycles. The molecule has 2 aromatic carbocycles. The number of amides is 2. The smallest absolute Gasteiger partial charge is 0.413 e. The zero-order chi connectivity index (χ0) is 19.8. The van der Waals surface area contributed by atoms with E-state index in [0.29, 0.717) is 11.6 Å². The number of carbonyl (C=O) groups is 2. The van der Waals surface area contributed by atoms with Crippen LogP contribution in [0.3, 0.4) is 0 Å². The first kappa shape index (κ1) is 19.6. The number of nitrogens with one attached hydrogen (secondary N) is 1. The van der Waals surface area contributed by atoms with Crippen molar-refractivity contribution in [1.82, 2.24) is 20.1 Å². The molecule has 0 fully saturated rings. The van der Waals surface area contributed by atoms with Gasteiger partial charge in [0.15, 0.2) is 5.16 Å². The summed E-state index contributed by atoms with van der Waals surface area (Å²) in [6.07, 6.45) is -0.138. The first-order chi connectivity index (χ1) is 13.7. The van der Waals surface area contributed by atoms with E-state index in [4.69, 9.17) is 4.74 Å². The zero-order valence-corrected chi connectivity index (χ0v) is 16.2. The Morgan fingerprint density at radius 3 is 2.39 bits per heavy atom. The summed E-state index contributed by atoms with van der Waals surface area (Å²) in [6.45, 7) is 1.88.